The van der Waals surface area contributed by atoms with Crippen molar-refractivity contribution in [2.45, 2.75) is 38.3 Å². The molecular weight excluding hydrogens is 549 g/mol. The standard InChI is InChI=1S/C32H33F3N2O5/c1-18(2)20-5-9-23(10-6-20)42-28(32(39)40)13-19-3-7-22(8-4-19)41-12-11-36-30-24-16-37(17-25(24)30)31(38)21-14-26(33)29(35)27(34)15-21/h3-10,14-15,18,24-25,28,30,36H,11-13,16-17H2,1-2H3,(H,39,40)/t24-,25?,28-,30?/m0/s1. The molecule has 7 nitrogen and oxygen atoms in total. The Morgan fingerprint density at radius 2 is 1.55 bits per heavy atom. The van der Waals surface area contributed by atoms with E-state index in [0.29, 0.717) is 43.7 Å². The first-order chi connectivity index (χ1) is 20.1. The van der Waals surface area contributed by atoms with E-state index in [4.69, 9.17) is 9.47 Å². The number of benzene rings is 3. The minimum Gasteiger partial charge on any atom is -0.492 e. The van der Waals surface area contributed by atoms with Gasteiger partial charge in [0.2, 0.25) is 0 Å². The summed E-state index contributed by atoms with van der Waals surface area (Å²) in [7, 11) is 0. The molecule has 3 aromatic carbocycles. The number of nitrogens with zero attached hydrogens (tertiary/aromatic N) is 1. The smallest absolute Gasteiger partial charge is 0.345 e. The van der Waals surface area contributed by atoms with Crippen LogP contribution in [0.4, 0.5) is 13.2 Å². The van der Waals surface area contributed by atoms with Crippen LogP contribution < -0.4 is 14.8 Å². The molecule has 2 N–H and O–H groups in total. The second-order valence-corrected chi connectivity index (χ2v) is 11.1. The maximum absolute atomic E-state index is 13.5. The number of carboxylic acids is 1. The topological polar surface area (TPSA) is 88.1 Å². The van der Waals surface area contributed by atoms with Gasteiger partial charge in [0.15, 0.2) is 23.6 Å². The van der Waals surface area contributed by atoms with Crippen molar-refractivity contribution in [3.8, 4) is 11.5 Å². The fourth-order valence-corrected chi connectivity index (χ4v) is 5.46. The molecule has 1 saturated carbocycles. The fourth-order valence-electron chi connectivity index (χ4n) is 5.46. The molecule has 1 aliphatic heterocycles. The Morgan fingerprint density at radius 3 is 2.12 bits per heavy atom. The van der Waals surface area contributed by atoms with Crippen molar-refractivity contribution in [2.75, 3.05) is 26.2 Å². The molecule has 2 aliphatic rings. The van der Waals surface area contributed by atoms with Crippen molar-refractivity contribution < 1.29 is 37.3 Å². The SMILES string of the molecule is CC(C)c1ccc(O[C@@H](Cc2ccc(OCCNC3C4CN(C(=O)c5cc(F)c(F)c(F)c5)C[C@@H]43)cc2)C(=O)O)cc1. The predicted molar refractivity (Wildman–Crippen MR) is 149 cm³/mol. The number of ether oxygens (including phenoxy) is 2. The van der Waals surface area contributed by atoms with E-state index in [1.54, 1.807) is 29.2 Å². The second-order valence-electron chi connectivity index (χ2n) is 11.1. The Morgan fingerprint density at radius 1 is 0.952 bits per heavy atom. The van der Waals surface area contributed by atoms with Crippen molar-refractivity contribution in [3.63, 3.8) is 0 Å². The van der Waals surface area contributed by atoms with Gasteiger partial charge in [0.05, 0.1) is 0 Å². The first kappa shape index (κ1) is 29.4. The summed E-state index contributed by atoms with van der Waals surface area (Å²) in [6.45, 7) is 6.12. The van der Waals surface area contributed by atoms with E-state index in [1.807, 2.05) is 24.3 Å². The van der Waals surface area contributed by atoms with Crippen LogP contribution in [0.2, 0.25) is 0 Å². The Labute approximate surface area is 242 Å². The van der Waals surface area contributed by atoms with Gasteiger partial charge in [0.1, 0.15) is 18.1 Å². The molecule has 1 heterocycles. The lowest BCUT2D eigenvalue weighted by molar-refractivity contribution is -0.145. The molecule has 0 bridgehead atoms. The molecule has 0 aromatic heterocycles. The number of likely N-dealkylation sites (tertiary alicyclic amines) is 1. The van der Waals surface area contributed by atoms with Crippen LogP contribution in [-0.2, 0) is 11.2 Å². The summed E-state index contributed by atoms with van der Waals surface area (Å²) in [5.41, 5.74) is 1.76. The quantitative estimate of drug-likeness (QED) is 0.230. The molecule has 4 atom stereocenters. The molecule has 3 aromatic rings. The number of aliphatic carboxylic acids is 1. The van der Waals surface area contributed by atoms with Crippen LogP contribution in [0.3, 0.4) is 0 Å². The lowest BCUT2D eigenvalue weighted by atomic mass is 10.0. The molecule has 1 aliphatic carbocycles. The van der Waals surface area contributed by atoms with Crippen molar-refractivity contribution in [3.05, 3.63) is 94.8 Å². The van der Waals surface area contributed by atoms with Crippen molar-refractivity contribution in [2.24, 2.45) is 11.8 Å². The third-order valence-electron chi connectivity index (χ3n) is 7.91. The van der Waals surface area contributed by atoms with Crippen LogP contribution in [-0.4, -0.2) is 60.3 Å². The van der Waals surface area contributed by atoms with Gasteiger partial charge in [-0.25, -0.2) is 18.0 Å². The molecule has 0 radical (unpaired) electrons. The van der Waals surface area contributed by atoms with Gasteiger partial charge in [-0.2, -0.15) is 0 Å². The number of hydrogen-bond acceptors (Lipinski definition) is 5. The van der Waals surface area contributed by atoms with Gasteiger partial charge in [-0.05, 0) is 65.3 Å². The molecule has 2 unspecified atom stereocenters. The highest BCUT2D eigenvalue weighted by Crippen LogP contribution is 2.45. The zero-order chi connectivity index (χ0) is 30.0. The predicted octanol–water partition coefficient (Wildman–Crippen LogP) is 5.04. The third-order valence-corrected chi connectivity index (χ3v) is 7.91. The minimum absolute atomic E-state index is 0.195. The van der Waals surface area contributed by atoms with E-state index in [1.165, 1.54) is 0 Å². The molecule has 5 rings (SSSR count). The van der Waals surface area contributed by atoms with Crippen molar-refractivity contribution in [1.82, 2.24) is 10.2 Å². The fraction of sp³-hybridized carbons (Fsp3) is 0.375. The molecule has 2 fully saturated rings. The van der Waals surface area contributed by atoms with E-state index in [0.717, 1.165) is 23.3 Å². The van der Waals surface area contributed by atoms with Crippen molar-refractivity contribution >= 4 is 11.9 Å². The number of rotatable bonds is 12. The first-order valence-electron chi connectivity index (χ1n) is 14.0. The van der Waals surface area contributed by atoms with E-state index in [-0.39, 0.29) is 29.9 Å². The molecule has 222 valence electrons. The summed E-state index contributed by atoms with van der Waals surface area (Å²) in [5.74, 6) is -3.84. The van der Waals surface area contributed by atoms with Crippen LogP contribution >= 0.6 is 0 Å². The van der Waals surface area contributed by atoms with Gasteiger partial charge >= 0.3 is 5.97 Å². The molecular formula is C32H33F3N2O5. The highest BCUT2D eigenvalue weighted by Gasteiger charge is 2.56. The van der Waals surface area contributed by atoms with Crippen LogP contribution in [0.15, 0.2) is 60.7 Å². The van der Waals surface area contributed by atoms with Gasteiger partial charge < -0.3 is 24.8 Å². The maximum Gasteiger partial charge on any atom is 0.345 e. The second kappa shape index (κ2) is 12.4. The van der Waals surface area contributed by atoms with E-state index >= 15 is 0 Å². The number of amides is 1. The number of carbonyl (C=O) groups is 2. The number of carbonyl (C=O) groups excluding carboxylic acids is 1. The van der Waals surface area contributed by atoms with Gasteiger partial charge in [0.25, 0.3) is 5.91 Å². The molecule has 42 heavy (non-hydrogen) atoms. The molecule has 1 saturated heterocycles. The van der Waals surface area contributed by atoms with E-state index in [9.17, 15) is 27.9 Å². The Balaban J connectivity index is 1.02. The molecule has 10 heteroatoms. The summed E-state index contributed by atoms with van der Waals surface area (Å²) >= 11 is 0. The zero-order valence-corrected chi connectivity index (χ0v) is 23.4. The number of fused-ring (bicyclic) bond motifs is 1. The van der Waals surface area contributed by atoms with Gasteiger partial charge in [-0.15, -0.1) is 0 Å². The lowest BCUT2D eigenvalue weighted by Crippen LogP contribution is -2.36. The summed E-state index contributed by atoms with van der Waals surface area (Å²) < 4.78 is 51.7. The van der Waals surface area contributed by atoms with Crippen LogP contribution in [0.5, 0.6) is 11.5 Å². The summed E-state index contributed by atoms with van der Waals surface area (Å²) in [4.78, 5) is 25.9. The molecule has 0 spiro atoms. The zero-order valence-electron chi connectivity index (χ0n) is 23.4. The Hall–Kier alpha value is -4.05. The van der Waals surface area contributed by atoms with Crippen LogP contribution in [0.1, 0.15) is 41.3 Å². The summed E-state index contributed by atoms with van der Waals surface area (Å²) in [6.07, 6.45) is -0.814. The van der Waals surface area contributed by atoms with Crippen molar-refractivity contribution in [1.29, 1.82) is 0 Å². The summed E-state index contributed by atoms with van der Waals surface area (Å²) in [6, 6.07) is 16.4. The minimum atomic E-state index is -1.58. The van der Waals surface area contributed by atoms with Gasteiger partial charge in [-0.1, -0.05) is 38.1 Å². The molecule has 1 amide bonds. The highest BCUT2D eigenvalue weighted by atomic mass is 19.2. The number of nitrogens with one attached hydrogen (secondary N) is 1. The van der Waals surface area contributed by atoms with E-state index in [2.05, 4.69) is 19.2 Å². The average Bonchev–Trinajstić information content (AvgIpc) is 3.41. The normalized spacial score (nSPS) is 19.9. The first-order valence-corrected chi connectivity index (χ1v) is 14.0. The number of carboxylic acid groups (broad SMARTS) is 1. The lowest BCUT2D eigenvalue weighted by Gasteiger charge is -2.20. The summed E-state index contributed by atoms with van der Waals surface area (Å²) in [5, 5.41) is 13.1. The number of hydrogen-bond donors (Lipinski definition) is 2. The van der Waals surface area contributed by atoms with Crippen LogP contribution in [0.25, 0.3) is 0 Å². The third kappa shape index (κ3) is 6.70. The Bertz CT molecular complexity index is 1400. The van der Waals surface area contributed by atoms with Gasteiger partial charge in [-0.3, -0.25) is 4.79 Å². The highest BCUT2D eigenvalue weighted by molar-refractivity contribution is 5.94. The van der Waals surface area contributed by atoms with Gasteiger partial charge in [0, 0.05) is 37.7 Å². The number of halogens is 3. The maximum atomic E-state index is 13.5. The van der Waals surface area contributed by atoms with E-state index < -0.39 is 35.4 Å². The number of piperidine rings is 1. The van der Waals surface area contributed by atoms with Crippen LogP contribution in [0, 0.1) is 29.3 Å². The Kier molecular flexibility index (Phi) is 8.72. The average molecular weight is 583 g/mol. The largest absolute Gasteiger partial charge is 0.492 e. The monoisotopic (exact) mass is 582 g/mol.